The molecule has 1 atom stereocenters. The van der Waals surface area contributed by atoms with Gasteiger partial charge in [-0.3, -0.25) is 4.90 Å². The van der Waals surface area contributed by atoms with E-state index in [1.54, 1.807) is 13.0 Å². The van der Waals surface area contributed by atoms with Gasteiger partial charge in [0.25, 0.3) is 0 Å². The molecule has 5 nitrogen and oxygen atoms in total. The maximum absolute atomic E-state index is 11.6. The molecule has 5 heteroatoms. The van der Waals surface area contributed by atoms with Crippen molar-refractivity contribution in [3.63, 3.8) is 0 Å². The van der Waals surface area contributed by atoms with Gasteiger partial charge in [-0.1, -0.05) is 6.42 Å². The molecule has 0 aliphatic carbocycles. The average molecular weight is 281 g/mol. The molecule has 1 aliphatic heterocycles. The van der Waals surface area contributed by atoms with Crippen LogP contribution >= 0.6 is 0 Å². The lowest BCUT2D eigenvalue weighted by Gasteiger charge is -2.34. The fourth-order valence-electron chi connectivity index (χ4n) is 2.88. The first-order chi connectivity index (χ1) is 9.65. The van der Waals surface area contributed by atoms with Crippen LogP contribution in [-0.2, 0) is 11.3 Å². The van der Waals surface area contributed by atoms with Gasteiger partial charge in [0.05, 0.1) is 13.7 Å². The van der Waals surface area contributed by atoms with Crippen LogP contribution in [0.3, 0.4) is 0 Å². The Morgan fingerprint density at radius 2 is 2.35 bits per heavy atom. The highest BCUT2D eigenvalue weighted by atomic mass is 16.5. The van der Waals surface area contributed by atoms with Gasteiger partial charge in [0.1, 0.15) is 17.1 Å². The average Bonchev–Trinajstić information content (AvgIpc) is 2.81. The molecule has 1 fully saturated rings. The molecule has 0 spiro atoms. The molecule has 20 heavy (non-hydrogen) atoms. The predicted octanol–water partition coefficient (Wildman–Crippen LogP) is 2.11. The van der Waals surface area contributed by atoms with Crippen molar-refractivity contribution >= 4 is 5.97 Å². The standard InChI is InChI=1S/C15H23NO4/c1-11-14(15(18)19-2)9-13(20-11)10-16-7-4-3-5-12(16)6-8-17/h9,12,17H,3-8,10H2,1-2H3. The summed E-state index contributed by atoms with van der Waals surface area (Å²) in [4.78, 5) is 13.9. The first-order valence-electron chi connectivity index (χ1n) is 7.18. The van der Waals surface area contributed by atoms with E-state index >= 15 is 0 Å². The Kier molecular flexibility index (Phi) is 5.20. The summed E-state index contributed by atoms with van der Waals surface area (Å²) in [6.07, 6.45) is 4.30. The number of nitrogens with zero attached hydrogens (tertiary/aromatic N) is 1. The van der Waals surface area contributed by atoms with Crippen molar-refractivity contribution in [3.05, 3.63) is 23.2 Å². The first-order valence-corrected chi connectivity index (χ1v) is 7.18. The van der Waals surface area contributed by atoms with Gasteiger partial charge in [-0.25, -0.2) is 4.79 Å². The summed E-state index contributed by atoms with van der Waals surface area (Å²) in [5, 5.41) is 9.14. The van der Waals surface area contributed by atoms with Gasteiger partial charge in [0.2, 0.25) is 0 Å². The van der Waals surface area contributed by atoms with Crippen molar-refractivity contribution in [2.24, 2.45) is 0 Å². The number of rotatable bonds is 5. The molecule has 0 aromatic carbocycles. The van der Waals surface area contributed by atoms with E-state index in [2.05, 4.69) is 4.90 Å². The lowest BCUT2D eigenvalue weighted by molar-refractivity contribution is 0.0599. The van der Waals surface area contributed by atoms with E-state index in [0.29, 0.717) is 23.9 Å². The molecule has 0 bridgehead atoms. The summed E-state index contributed by atoms with van der Waals surface area (Å²) in [5.41, 5.74) is 0.498. The number of ether oxygens (including phenoxy) is 1. The van der Waals surface area contributed by atoms with E-state index in [9.17, 15) is 4.79 Å². The number of piperidine rings is 1. The van der Waals surface area contributed by atoms with Gasteiger partial charge >= 0.3 is 5.97 Å². The Hall–Kier alpha value is -1.33. The molecular formula is C15H23NO4. The van der Waals surface area contributed by atoms with Crippen molar-refractivity contribution < 1.29 is 19.1 Å². The number of aliphatic hydroxyl groups excluding tert-OH is 1. The summed E-state index contributed by atoms with van der Waals surface area (Å²) < 4.78 is 10.4. The summed E-state index contributed by atoms with van der Waals surface area (Å²) in [6, 6.07) is 2.17. The fraction of sp³-hybridized carbons (Fsp3) is 0.667. The number of methoxy groups -OCH3 is 1. The molecule has 2 rings (SSSR count). The first kappa shape index (κ1) is 15.1. The van der Waals surface area contributed by atoms with Crippen molar-refractivity contribution in [2.45, 2.75) is 45.2 Å². The van der Waals surface area contributed by atoms with Crippen LogP contribution in [0.5, 0.6) is 0 Å². The van der Waals surface area contributed by atoms with E-state index in [1.807, 2.05) is 0 Å². The molecule has 1 aromatic rings. The number of likely N-dealkylation sites (tertiary alicyclic amines) is 1. The minimum Gasteiger partial charge on any atom is -0.465 e. The van der Waals surface area contributed by atoms with E-state index < -0.39 is 0 Å². The van der Waals surface area contributed by atoms with Gasteiger partial charge in [-0.15, -0.1) is 0 Å². The summed E-state index contributed by atoms with van der Waals surface area (Å²) in [6.45, 7) is 3.68. The number of aliphatic hydroxyl groups is 1. The zero-order chi connectivity index (χ0) is 14.5. The number of carbonyl (C=O) groups excluding carboxylic acids is 1. The Balaban J connectivity index is 2.06. The zero-order valence-electron chi connectivity index (χ0n) is 12.2. The summed E-state index contributed by atoms with van der Waals surface area (Å²) in [5.74, 6) is 1.03. The molecule has 112 valence electrons. The maximum atomic E-state index is 11.6. The molecule has 1 aromatic heterocycles. The van der Waals surface area contributed by atoms with Crippen LogP contribution in [0.4, 0.5) is 0 Å². The second kappa shape index (κ2) is 6.90. The molecule has 1 N–H and O–H groups in total. The molecular weight excluding hydrogens is 258 g/mol. The van der Waals surface area contributed by atoms with Crippen LogP contribution in [0, 0.1) is 6.92 Å². The van der Waals surface area contributed by atoms with Gasteiger partial charge in [-0.05, 0) is 38.8 Å². The Labute approximate surface area is 119 Å². The monoisotopic (exact) mass is 281 g/mol. The van der Waals surface area contributed by atoms with Crippen molar-refractivity contribution in [1.82, 2.24) is 4.90 Å². The van der Waals surface area contributed by atoms with Gasteiger partial charge in [0, 0.05) is 12.6 Å². The quantitative estimate of drug-likeness (QED) is 0.838. The largest absolute Gasteiger partial charge is 0.465 e. The minimum atomic E-state index is -0.358. The molecule has 0 radical (unpaired) electrons. The second-order valence-corrected chi connectivity index (χ2v) is 5.31. The molecule has 1 saturated heterocycles. The van der Waals surface area contributed by atoms with Crippen molar-refractivity contribution in [2.75, 3.05) is 20.3 Å². The highest BCUT2D eigenvalue weighted by Gasteiger charge is 2.24. The van der Waals surface area contributed by atoms with Crippen LogP contribution in [0.2, 0.25) is 0 Å². The maximum Gasteiger partial charge on any atom is 0.341 e. The SMILES string of the molecule is COC(=O)c1cc(CN2CCCCC2CCO)oc1C. The van der Waals surface area contributed by atoms with E-state index in [4.69, 9.17) is 14.3 Å². The van der Waals surface area contributed by atoms with Crippen LogP contribution in [0.1, 0.15) is 47.6 Å². The van der Waals surface area contributed by atoms with Crippen LogP contribution in [0.15, 0.2) is 10.5 Å². The number of carbonyl (C=O) groups is 1. The fourth-order valence-corrected chi connectivity index (χ4v) is 2.88. The Bertz CT molecular complexity index is 453. The Morgan fingerprint density at radius 1 is 1.55 bits per heavy atom. The number of hydrogen-bond acceptors (Lipinski definition) is 5. The predicted molar refractivity (Wildman–Crippen MR) is 74.5 cm³/mol. The summed E-state index contributed by atoms with van der Waals surface area (Å²) in [7, 11) is 1.37. The highest BCUT2D eigenvalue weighted by Crippen LogP contribution is 2.24. The van der Waals surface area contributed by atoms with Crippen molar-refractivity contribution in [3.8, 4) is 0 Å². The molecule has 0 saturated carbocycles. The van der Waals surface area contributed by atoms with Gasteiger partial charge in [0.15, 0.2) is 0 Å². The molecule has 1 unspecified atom stereocenters. The minimum absolute atomic E-state index is 0.214. The van der Waals surface area contributed by atoms with Crippen LogP contribution in [0.25, 0.3) is 0 Å². The normalized spacial score (nSPS) is 20.1. The third-order valence-electron chi connectivity index (χ3n) is 3.94. The van der Waals surface area contributed by atoms with E-state index in [-0.39, 0.29) is 12.6 Å². The van der Waals surface area contributed by atoms with E-state index in [1.165, 1.54) is 20.0 Å². The third kappa shape index (κ3) is 3.41. The van der Waals surface area contributed by atoms with Crippen LogP contribution < -0.4 is 0 Å². The lowest BCUT2D eigenvalue weighted by Crippen LogP contribution is -2.39. The van der Waals surface area contributed by atoms with Gasteiger partial charge in [-0.2, -0.15) is 0 Å². The lowest BCUT2D eigenvalue weighted by atomic mass is 9.99. The number of aryl methyl sites for hydroxylation is 1. The number of esters is 1. The van der Waals surface area contributed by atoms with E-state index in [0.717, 1.165) is 25.1 Å². The zero-order valence-corrected chi connectivity index (χ0v) is 12.2. The van der Waals surface area contributed by atoms with Gasteiger partial charge < -0.3 is 14.3 Å². The third-order valence-corrected chi connectivity index (χ3v) is 3.94. The number of hydrogen-bond donors (Lipinski definition) is 1. The van der Waals surface area contributed by atoms with Crippen LogP contribution in [-0.4, -0.2) is 42.3 Å². The molecule has 2 heterocycles. The summed E-state index contributed by atoms with van der Waals surface area (Å²) >= 11 is 0. The highest BCUT2D eigenvalue weighted by molar-refractivity contribution is 5.90. The molecule has 1 aliphatic rings. The second-order valence-electron chi connectivity index (χ2n) is 5.31. The smallest absolute Gasteiger partial charge is 0.341 e. The topological polar surface area (TPSA) is 62.9 Å². The number of furan rings is 1. The Morgan fingerprint density at radius 3 is 3.05 bits per heavy atom. The van der Waals surface area contributed by atoms with Crippen molar-refractivity contribution in [1.29, 1.82) is 0 Å². The molecule has 0 amide bonds.